The number of aliphatic hydroxyl groups excluding tert-OH is 2. The molecule has 0 unspecified atom stereocenters. The van der Waals surface area contributed by atoms with Crippen LogP contribution in [-0.4, -0.2) is 51.4 Å². The Bertz CT molecular complexity index is 753. The summed E-state index contributed by atoms with van der Waals surface area (Å²) in [5, 5.41) is 20.9. The summed E-state index contributed by atoms with van der Waals surface area (Å²) >= 11 is 0. The highest BCUT2D eigenvalue weighted by Crippen LogP contribution is 2.27. The van der Waals surface area contributed by atoms with Gasteiger partial charge in [-0.05, 0) is 37.8 Å². The number of aryl methyl sites for hydroxylation is 1. The van der Waals surface area contributed by atoms with Crippen molar-refractivity contribution in [2.24, 2.45) is 5.92 Å². The highest BCUT2D eigenvalue weighted by atomic mass is 16.5. The first-order valence-electron chi connectivity index (χ1n) is 9.27. The SMILES string of the molecule is Cc1nc2c(OCC3CCCCC3)cccn2c1C(=O)NC[C@H](O)CO. The van der Waals surface area contributed by atoms with Crippen molar-refractivity contribution in [3.05, 3.63) is 29.7 Å². The van der Waals surface area contributed by atoms with Crippen LogP contribution in [0.2, 0.25) is 0 Å². The molecule has 1 atom stereocenters. The van der Waals surface area contributed by atoms with E-state index in [-0.39, 0.29) is 12.5 Å². The van der Waals surface area contributed by atoms with Gasteiger partial charge in [0.05, 0.1) is 25.0 Å². The Labute approximate surface area is 153 Å². The molecule has 3 rings (SSSR count). The third-order valence-corrected chi connectivity index (χ3v) is 4.91. The average molecular weight is 361 g/mol. The predicted octanol–water partition coefficient (Wildman–Crippen LogP) is 1.68. The van der Waals surface area contributed by atoms with E-state index in [1.807, 2.05) is 12.1 Å². The molecule has 7 nitrogen and oxygen atoms in total. The number of nitrogens with one attached hydrogen (secondary N) is 1. The van der Waals surface area contributed by atoms with Gasteiger partial charge in [0, 0.05) is 12.7 Å². The summed E-state index contributed by atoms with van der Waals surface area (Å²) in [4.78, 5) is 17.0. The van der Waals surface area contributed by atoms with E-state index in [0.717, 1.165) is 0 Å². The molecule has 0 bridgehead atoms. The number of imidazole rings is 1. The predicted molar refractivity (Wildman–Crippen MR) is 97.4 cm³/mol. The van der Waals surface area contributed by atoms with Crippen LogP contribution in [0.25, 0.3) is 5.65 Å². The van der Waals surface area contributed by atoms with Gasteiger partial charge in [-0.1, -0.05) is 19.3 Å². The van der Waals surface area contributed by atoms with E-state index in [2.05, 4.69) is 10.3 Å². The molecule has 2 heterocycles. The van der Waals surface area contributed by atoms with Crippen molar-refractivity contribution in [3.8, 4) is 5.75 Å². The van der Waals surface area contributed by atoms with Gasteiger partial charge < -0.3 is 20.3 Å². The van der Waals surface area contributed by atoms with Crippen LogP contribution in [0.1, 0.15) is 48.3 Å². The van der Waals surface area contributed by atoms with Gasteiger partial charge in [0.15, 0.2) is 11.4 Å². The fraction of sp³-hybridized carbons (Fsp3) is 0.579. The number of carbonyl (C=O) groups excluding carboxylic acids is 1. The molecule has 0 spiro atoms. The fourth-order valence-electron chi connectivity index (χ4n) is 3.46. The quantitative estimate of drug-likeness (QED) is 0.697. The second-order valence-corrected chi connectivity index (χ2v) is 6.97. The Balaban J connectivity index is 1.76. The second-order valence-electron chi connectivity index (χ2n) is 6.97. The Morgan fingerprint density at radius 1 is 1.42 bits per heavy atom. The normalized spacial score (nSPS) is 16.6. The molecule has 0 aromatic carbocycles. The van der Waals surface area contributed by atoms with Gasteiger partial charge >= 0.3 is 0 Å². The van der Waals surface area contributed by atoms with Crippen LogP contribution in [0.15, 0.2) is 18.3 Å². The molecular formula is C19H27N3O4. The molecule has 3 N–H and O–H groups in total. The van der Waals surface area contributed by atoms with Crippen LogP contribution in [0, 0.1) is 12.8 Å². The maximum atomic E-state index is 12.5. The van der Waals surface area contributed by atoms with Crippen molar-refractivity contribution < 1.29 is 19.7 Å². The lowest BCUT2D eigenvalue weighted by Gasteiger charge is -2.21. The van der Waals surface area contributed by atoms with Crippen LogP contribution >= 0.6 is 0 Å². The summed E-state index contributed by atoms with van der Waals surface area (Å²) in [6.45, 7) is 2.04. The van der Waals surface area contributed by atoms with Crippen LogP contribution in [0.4, 0.5) is 0 Å². The zero-order valence-corrected chi connectivity index (χ0v) is 15.1. The number of hydrogen-bond acceptors (Lipinski definition) is 5. The molecule has 0 saturated heterocycles. The molecule has 1 amide bonds. The third-order valence-electron chi connectivity index (χ3n) is 4.91. The van der Waals surface area contributed by atoms with E-state index in [1.54, 1.807) is 17.5 Å². The minimum absolute atomic E-state index is 0.0140. The van der Waals surface area contributed by atoms with Gasteiger partial charge in [-0.15, -0.1) is 0 Å². The zero-order valence-electron chi connectivity index (χ0n) is 15.1. The Kier molecular flexibility index (Phi) is 6.11. The molecule has 2 aromatic heterocycles. The smallest absolute Gasteiger partial charge is 0.270 e. The number of aliphatic hydroxyl groups is 2. The molecule has 26 heavy (non-hydrogen) atoms. The molecule has 0 radical (unpaired) electrons. The van der Waals surface area contributed by atoms with Gasteiger partial charge in [-0.25, -0.2) is 4.98 Å². The summed E-state index contributed by atoms with van der Waals surface area (Å²) in [5.74, 6) is 0.922. The van der Waals surface area contributed by atoms with Crippen LogP contribution < -0.4 is 10.1 Å². The van der Waals surface area contributed by atoms with Crippen molar-refractivity contribution in [2.45, 2.75) is 45.1 Å². The summed E-state index contributed by atoms with van der Waals surface area (Å²) in [6, 6.07) is 3.71. The standard InChI is InChI=1S/C19H27N3O4/c1-13-17(19(25)20-10-15(24)11-23)22-9-5-8-16(18(22)21-13)26-12-14-6-3-2-4-7-14/h5,8-9,14-15,23-24H,2-4,6-7,10-12H2,1H3,(H,20,25)/t15-/m0/s1. The summed E-state index contributed by atoms with van der Waals surface area (Å²) < 4.78 is 7.75. The maximum Gasteiger partial charge on any atom is 0.270 e. The molecule has 2 aromatic rings. The maximum absolute atomic E-state index is 12.5. The molecule has 7 heteroatoms. The number of amides is 1. The van der Waals surface area contributed by atoms with Crippen molar-refractivity contribution in [2.75, 3.05) is 19.8 Å². The molecule has 1 aliphatic rings. The third kappa shape index (κ3) is 4.16. The summed E-state index contributed by atoms with van der Waals surface area (Å²) in [7, 11) is 0. The molecular weight excluding hydrogens is 334 g/mol. The molecule has 142 valence electrons. The lowest BCUT2D eigenvalue weighted by Crippen LogP contribution is -2.34. The van der Waals surface area contributed by atoms with Crippen LogP contribution in [-0.2, 0) is 0 Å². The average Bonchev–Trinajstić information content (AvgIpc) is 3.01. The first kappa shape index (κ1) is 18.7. The molecule has 1 fully saturated rings. The van der Waals surface area contributed by atoms with E-state index in [0.29, 0.717) is 35.3 Å². The monoisotopic (exact) mass is 361 g/mol. The van der Waals surface area contributed by atoms with E-state index >= 15 is 0 Å². The first-order chi connectivity index (χ1) is 12.6. The van der Waals surface area contributed by atoms with Gasteiger partial charge in [-0.2, -0.15) is 0 Å². The minimum Gasteiger partial charge on any atom is -0.489 e. The van der Waals surface area contributed by atoms with Gasteiger partial charge in [-0.3, -0.25) is 9.20 Å². The van der Waals surface area contributed by atoms with E-state index in [4.69, 9.17) is 9.84 Å². The highest BCUT2D eigenvalue weighted by Gasteiger charge is 2.20. The van der Waals surface area contributed by atoms with Crippen molar-refractivity contribution >= 4 is 11.6 Å². The van der Waals surface area contributed by atoms with Crippen molar-refractivity contribution in [1.29, 1.82) is 0 Å². The van der Waals surface area contributed by atoms with Gasteiger partial charge in [0.2, 0.25) is 0 Å². The number of pyridine rings is 1. The lowest BCUT2D eigenvalue weighted by molar-refractivity contribution is 0.0797. The minimum atomic E-state index is -0.979. The number of ether oxygens (including phenoxy) is 1. The summed E-state index contributed by atoms with van der Waals surface area (Å²) in [5.41, 5.74) is 1.62. The number of rotatable bonds is 7. The lowest BCUT2D eigenvalue weighted by atomic mass is 9.90. The Morgan fingerprint density at radius 2 is 2.19 bits per heavy atom. The van der Waals surface area contributed by atoms with Crippen LogP contribution in [0.5, 0.6) is 5.75 Å². The largest absolute Gasteiger partial charge is 0.489 e. The first-order valence-corrected chi connectivity index (χ1v) is 9.27. The van der Waals surface area contributed by atoms with Gasteiger partial charge in [0.1, 0.15) is 5.69 Å². The number of hydrogen-bond donors (Lipinski definition) is 3. The summed E-state index contributed by atoms with van der Waals surface area (Å²) in [6.07, 6.45) is 7.06. The van der Waals surface area contributed by atoms with Crippen molar-refractivity contribution in [3.63, 3.8) is 0 Å². The van der Waals surface area contributed by atoms with Crippen LogP contribution in [0.3, 0.4) is 0 Å². The molecule has 1 saturated carbocycles. The molecule has 0 aliphatic heterocycles. The molecule has 1 aliphatic carbocycles. The second kappa shape index (κ2) is 8.51. The van der Waals surface area contributed by atoms with E-state index in [1.165, 1.54) is 32.1 Å². The number of aromatic nitrogens is 2. The Hall–Kier alpha value is -2.12. The number of fused-ring (bicyclic) bond motifs is 1. The van der Waals surface area contributed by atoms with E-state index in [9.17, 15) is 9.90 Å². The van der Waals surface area contributed by atoms with E-state index < -0.39 is 12.7 Å². The van der Waals surface area contributed by atoms with Crippen molar-refractivity contribution in [1.82, 2.24) is 14.7 Å². The number of nitrogens with zero attached hydrogens (tertiary/aromatic N) is 2. The topological polar surface area (TPSA) is 96.1 Å². The Morgan fingerprint density at radius 3 is 2.92 bits per heavy atom. The zero-order chi connectivity index (χ0) is 18.5. The highest BCUT2D eigenvalue weighted by molar-refractivity contribution is 5.95. The van der Waals surface area contributed by atoms with Gasteiger partial charge in [0.25, 0.3) is 5.91 Å². The number of carbonyl (C=O) groups is 1. The fourth-order valence-corrected chi connectivity index (χ4v) is 3.46.